The summed E-state index contributed by atoms with van der Waals surface area (Å²) in [7, 11) is 0. The molecule has 0 aliphatic heterocycles. The van der Waals surface area contributed by atoms with Gasteiger partial charge in [0.15, 0.2) is 0 Å². The van der Waals surface area contributed by atoms with Crippen LogP contribution < -0.4 is 9.79 Å². The first kappa shape index (κ1) is 13.4. The minimum atomic E-state index is -3.52. The second kappa shape index (κ2) is 6.54. The van der Waals surface area contributed by atoms with E-state index in [2.05, 4.69) is 11.8 Å². The Morgan fingerprint density at radius 2 is 2.00 bits per heavy atom. The van der Waals surface area contributed by atoms with Gasteiger partial charge in [0.1, 0.15) is 0 Å². The average molecular weight is 256 g/mol. The van der Waals surface area contributed by atoms with Gasteiger partial charge in [0, 0.05) is 11.6 Å². The summed E-state index contributed by atoms with van der Waals surface area (Å²) in [6, 6.07) is 0. The summed E-state index contributed by atoms with van der Waals surface area (Å²) in [6.07, 6.45) is 0. The zero-order valence-electron chi connectivity index (χ0n) is 4.58. The van der Waals surface area contributed by atoms with Crippen LogP contribution in [0.2, 0.25) is 0 Å². The second-order valence-electron chi connectivity index (χ2n) is 0.969. The summed E-state index contributed by atoms with van der Waals surface area (Å²) >= 11 is 9.95. The third-order valence-corrected chi connectivity index (χ3v) is 3.89. The van der Waals surface area contributed by atoms with Gasteiger partial charge < -0.3 is 9.79 Å². The molecular formula is C2H4ClO2PS2Zn. The Labute approximate surface area is 81.0 Å². The smallest absolute Gasteiger partial charge is 0.825 e. The van der Waals surface area contributed by atoms with Crippen LogP contribution in [-0.4, -0.2) is 11.6 Å². The minimum absolute atomic E-state index is 0. The maximum absolute atomic E-state index is 10.1. The number of hydrogen-bond acceptors (Lipinski definition) is 4. The van der Waals surface area contributed by atoms with Gasteiger partial charge in [0.25, 0.3) is 0 Å². The summed E-state index contributed by atoms with van der Waals surface area (Å²) in [5, 5.41) is 0. The molecule has 0 unspecified atom stereocenters. The number of halogens is 1. The maximum atomic E-state index is 10.1. The van der Waals surface area contributed by atoms with Crippen molar-refractivity contribution in [3.8, 4) is 0 Å². The normalized spacial score (nSPS) is 10.6. The van der Waals surface area contributed by atoms with Gasteiger partial charge in [-0.15, -0.1) is 23.4 Å². The molecule has 0 saturated carbocycles. The third kappa shape index (κ3) is 12.9. The van der Waals surface area contributed by atoms with Crippen LogP contribution in [-0.2, 0) is 31.3 Å². The molecule has 0 heterocycles. The van der Waals surface area contributed by atoms with Crippen molar-refractivity contribution >= 4 is 40.5 Å². The van der Waals surface area contributed by atoms with Crippen LogP contribution in [0.1, 0.15) is 0 Å². The Kier molecular flexibility index (Phi) is 9.75. The maximum Gasteiger partial charge on any atom is 2.00 e. The van der Waals surface area contributed by atoms with E-state index >= 15 is 0 Å². The molecule has 0 rings (SSSR count). The van der Waals surface area contributed by atoms with E-state index in [1.165, 1.54) is 0 Å². The topological polar surface area (TPSA) is 46.1 Å². The zero-order chi connectivity index (χ0) is 6.62. The fourth-order valence-electron chi connectivity index (χ4n) is 0.146. The number of alkyl halides is 1. The molecule has 0 saturated heterocycles. The van der Waals surface area contributed by atoms with Crippen molar-refractivity contribution in [2.75, 3.05) is 11.6 Å². The molecule has 0 aliphatic carbocycles. The predicted molar refractivity (Wildman–Crippen MR) is 37.5 cm³/mol. The van der Waals surface area contributed by atoms with Gasteiger partial charge in [0.2, 0.25) is 0 Å². The Morgan fingerprint density at radius 1 is 1.56 bits per heavy atom. The molecule has 7 heteroatoms. The van der Waals surface area contributed by atoms with E-state index in [1.807, 2.05) is 0 Å². The van der Waals surface area contributed by atoms with E-state index in [9.17, 15) is 9.79 Å². The molecule has 0 spiro atoms. The van der Waals surface area contributed by atoms with Crippen LogP contribution in [0.3, 0.4) is 0 Å². The largest absolute Gasteiger partial charge is 2.00 e. The molecule has 0 aromatic carbocycles. The first-order chi connectivity index (χ1) is 3.56. The first-order valence-corrected chi connectivity index (χ1v) is 6.55. The summed E-state index contributed by atoms with van der Waals surface area (Å²) in [6.45, 7) is 0. The molecule has 0 aromatic rings. The van der Waals surface area contributed by atoms with Gasteiger partial charge in [-0.2, -0.15) is 17.1 Å². The fourth-order valence-corrected chi connectivity index (χ4v) is 2.61. The average Bonchev–Trinajstić information content (AvgIpc) is 1.59. The van der Waals surface area contributed by atoms with Crippen molar-refractivity contribution in [1.29, 1.82) is 0 Å². The van der Waals surface area contributed by atoms with Gasteiger partial charge in [-0.3, -0.25) is 0 Å². The van der Waals surface area contributed by atoms with Crippen molar-refractivity contribution in [3.05, 3.63) is 0 Å². The van der Waals surface area contributed by atoms with Crippen molar-refractivity contribution in [3.63, 3.8) is 0 Å². The Bertz CT molecular complexity index is 107. The van der Waals surface area contributed by atoms with Gasteiger partial charge in [-0.1, -0.05) is 0 Å². The van der Waals surface area contributed by atoms with Crippen LogP contribution in [0.5, 0.6) is 0 Å². The number of hydrogen-bond donors (Lipinski definition) is 0. The summed E-state index contributed by atoms with van der Waals surface area (Å²) in [5.41, 5.74) is -3.52. The van der Waals surface area contributed by atoms with Crippen LogP contribution >= 0.6 is 28.7 Å². The monoisotopic (exact) mass is 254 g/mol. The second-order valence-corrected chi connectivity index (χ2v) is 7.26. The van der Waals surface area contributed by atoms with E-state index in [4.69, 9.17) is 11.6 Å². The van der Waals surface area contributed by atoms with Crippen molar-refractivity contribution < 1.29 is 29.3 Å². The predicted octanol–water partition coefficient (Wildman–Crippen LogP) is -0.0990. The van der Waals surface area contributed by atoms with Gasteiger partial charge in [-0.25, -0.2) is 0 Å². The molecule has 0 N–H and O–H groups in total. The zero-order valence-corrected chi connectivity index (χ0v) is 10.8. The van der Waals surface area contributed by atoms with Crippen molar-refractivity contribution in [1.82, 2.24) is 0 Å². The van der Waals surface area contributed by atoms with Crippen LogP contribution in [0.25, 0.3) is 0 Å². The standard InChI is InChI=1S/C2H6ClO2PS2.Zn/c3-1-2-8-6(4,5)7;/h1-2H2,(H2,4,5,7);/q;+2/p-2. The van der Waals surface area contributed by atoms with E-state index < -0.39 is 5.69 Å². The Hall–Kier alpha value is 1.83. The first-order valence-electron chi connectivity index (χ1n) is 1.79. The van der Waals surface area contributed by atoms with Crippen LogP contribution in [0.15, 0.2) is 0 Å². The molecule has 2 nitrogen and oxygen atoms in total. The quantitative estimate of drug-likeness (QED) is 0.402. The van der Waals surface area contributed by atoms with Crippen LogP contribution in [0, 0.1) is 0 Å². The molecule has 0 atom stereocenters. The summed E-state index contributed by atoms with van der Waals surface area (Å²) < 4.78 is 0. The van der Waals surface area contributed by atoms with Crippen LogP contribution in [0.4, 0.5) is 0 Å². The summed E-state index contributed by atoms with van der Waals surface area (Å²) in [4.78, 5) is 20.3. The van der Waals surface area contributed by atoms with E-state index in [1.54, 1.807) is 0 Å². The molecule has 0 bridgehead atoms. The Balaban J connectivity index is 0. The number of rotatable bonds is 3. The molecular weight excluding hydrogens is 252 g/mol. The van der Waals surface area contributed by atoms with E-state index in [0.29, 0.717) is 23.0 Å². The summed E-state index contributed by atoms with van der Waals surface area (Å²) in [5.74, 6) is 0.708. The molecule has 50 valence electrons. The van der Waals surface area contributed by atoms with Gasteiger partial charge >= 0.3 is 19.5 Å². The molecule has 0 radical (unpaired) electrons. The van der Waals surface area contributed by atoms with Crippen molar-refractivity contribution in [2.24, 2.45) is 0 Å². The molecule has 0 fully saturated rings. The SMILES string of the molecule is [O-]P([O-])(=S)SCCCl.[Zn+2]. The van der Waals surface area contributed by atoms with Crippen molar-refractivity contribution in [2.45, 2.75) is 0 Å². The minimum Gasteiger partial charge on any atom is -0.825 e. The van der Waals surface area contributed by atoms with E-state index in [-0.39, 0.29) is 19.5 Å². The molecule has 0 aromatic heterocycles. The molecule has 9 heavy (non-hydrogen) atoms. The van der Waals surface area contributed by atoms with Gasteiger partial charge in [0.05, 0.1) is 0 Å². The van der Waals surface area contributed by atoms with E-state index in [0.717, 1.165) is 0 Å². The molecule has 0 aliphatic rings. The molecule has 0 amide bonds. The fraction of sp³-hybridized carbons (Fsp3) is 1.00. The Morgan fingerprint density at radius 3 is 2.11 bits per heavy atom. The third-order valence-electron chi connectivity index (χ3n) is 0.327. The van der Waals surface area contributed by atoms with Gasteiger partial charge in [-0.05, 0) is 0 Å².